The monoisotopic (exact) mass is 272 g/mol. The van der Waals surface area contributed by atoms with Crippen molar-refractivity contribution >= 4 is 11.9 Å². The SMILES string of the molecule is CN(C)C=C1N=C(c2ccc(C(C)(C)C)cc2)OC1=O. The van der Waals surface area contributed by atoms with Crippen LogP contribution in [0.15, 0.2) is 41.2 Å². The number of rotatable bonds is 2. The van der Waals surface area contributed by atoms with Crippen molar-refractivity contribution in [1.82, 2.24) is 4.90 Å². The van der Waals surface area contributed by atoms with Crippen LogP contribution in [0.25, 0.3) is 0 Å². The minimum atomic E-state index is -0.409. The van der Waals surface area contributed by atoms with Crippen molar-refractivity contribution in [2.75, 3.05) is 14.1 Å². The van der Waals surface area contributed by atoms with Crippen LogP contribution in [0.3, 0.4) is 0 Å². The van der Waals surface area contributed by atoms with Gasteiger partial charge in [0.05, 0.1) is 0 Å². The summed E-state index contributed by atoms with van der Waals surface area (Å²) < 4.78 is 5.20. The fraction of sp³-hybridized carbons (Fsp3) is 0.375. The topological polar surface area (TPSA) is 41.9 Å². The van der Waals surface area contributed by atoms with Gasteiger partial charge in [-0.25, -0.2) is 9.79 Å². The maximum absolute atomic E-state index is 11.7. The van der Waals surface area contributed by atoms with Gasteiger partial charge in [-0.3, -0.25) is 0 Å². The summed E-state index contributed by atoms with van der Waals surface area (Å²) in [5, 5.41) is 0. The lowest BCUT2D eigenvalue weighted by molar-refractivity contribution is -0.130. The van der Waals surface area contributed by atoms with E-state index in [9.17, 15) is 4.79 Å². The molecule has 1 aliphatic heterocycles. The lowest BCUT2D eigenvalue weighted by atomic mass is 9.87. The largest absolute Gasteiger partial charge is 0.402 e. The number of aliphatic imine (C=N–C) groups is 1. The fourth-order valence-corrected chi connectivity index (χ4v) is 1.88. The molecule has 1 aliphatic rings. The lowest BCUT2D eigenvalue weighted by Gasteiger charge is -2.18. The first-order chi connectivity index (χ1) is 9.27. The van der Waals surface area contributed by atoms with E-state index in [-0.39, 0.29) is 5.41 Å². The number of hydrogen-bond donors (Lipinski definition) is 0. The number of ether oxygens (including phenoxy) is 1. The van der Waals surface area contributed by atoms with Crippen molar-refractivity contribution < 1.29 is 9.53 Å². The van der Waals surface area contributed by atoms with E-state index >= 15 is 0 Å². The molecule has 2 rings (SSSR count). The molecule has 4 heteroatoms. The van der Waals surface area contributed by atoms with Crippen molar-refractivity contribution in [3.63, 3.8) is 0 Å². The minimum absolute atomic E-state index is 0.0999. The zero-order chi connectivity index (χ0) is 14.9. The molecule has 0 bridgehead atoms. The van der Waals surface area contributed by atoms with Gasteiger partial charge >= 0.3 is 5.97 Å². The Kier molecular flexibility index (Phi) is 3.66. The number of benzene rings is 1. The van der Waals surface area contributed by atoms with Crippen molar-refractivity contribution in [3.8, 4) is 0 Å². The summed E-state index contributed by atoms with van der Waals surface area (Å²) in [6.07, 6.45) is 1.65. The van der Waals surface area contributed by atoms with Crippen LogP contribution in [0.5, 0.6) is 0 Å². The number of carbonyl (C=O) groups excluding carboxylic acids is 1. The Morgan fingerprint density at radius 2 is 1.75 bits per heavy atom. The zero-order valence-corrected chi connectivity index (χ0v) is 12.6. The van der Waals surface area contributed by atoms with Gasteiger partial charge in [-0.15, -0.1) is 0 Å². The number of esters is 1. The second kappa shape index (κ2) is 5.12. The average molecular weight is 272 g/mol. The molecule has 1 heterocycles. The summed E-state index contributed by atoms with van der Waals surface area (Å²) >= 11 is 0. The highest BCUT2D eigenvalue weighted by Gasteiger charge is 2.24. The summed E-state index contributed by atoms with van der Waals surface area (Å²) in [6, 6.07) is 7.95. The third kappa shape index (κ3) is 3.07. The predicted molar refractivity (Wildman–Crippen MR) is 79.5 cm³/mol. The van der Waals surface area contributed by atoms with Crippen LogP contribution in [-0.4, -0.2) is 30.9 Å². The molecule has 1 aromatic carbocycles. The van der Waals surface area contributed by atoms with Gasteiger partial charge in [-0.1, -0.05) is 32.9 Å². The van der Waals surface area contributed by atoms with E-state index < -0.39 is 5.97 Å². The first-order valence-corrected chi connectivity index (χ1v) is 6.57. The van der Waals surface area contributed by atoms with Gasteiger partial charge in [0.15, 0.2) is 5.70 Å². The van der Waals surface area contributed by atoms with Gasteiger partial charge < -0.3 is 9.64 Å². The fourth-order valence-electron chi connectivity index (χ4n) is 1.88. The van der Waals surface area contributed by atoms with Crippen LogP contribution in [-0.2, 0) is 14.9 Å². The maximum Gasteiger partial charge on any atom is 0.365 e. The molecular formula is C16H20N2O2. The molecular weight excluding hydrogens is 252 g/mol. The molecule has 0 aliphatic carbocycles. The number of hydrogen-bond acceptors (Lipinski definition) is 4. The van der Waals surface area contributed by atoms with E-state index in [4.69, 9.17) is 4.74 Å². The van der Waals surface area contributed by atoms with Crippen LogP contribution in [0.2, 0.25) is 0 Å². The number of carbonyl (C=O) groups is 1. The Hall–Kier alpha value is -2.10. The van der Waals surface area contributed by atoms with E-state index in [1.54, 1.807) is 11.1 Å². The Balaban J connectivity index is 2.28. The highest BCUT2D eigenvalue weighted by molar-refractivity contribution is 6.11. The summed E-state index contributed by atoms with van der Waals surface area (Å²) in [6.45, 7) is 6.48. The van der Waals surface area contributed by atoms with E-state index in [2.05, 4.69) is 25.8 Å². The van der Waals surface area contributed by atoms with Crippen LogP contribution in [0.4, 0.5) is 0 Å². The first kappa shape index (κ1) is 14.3. The molecule has 0 fully saturated rings. The van der Waals surface area contributed by atoms with E-state index in [1.807, 2.05) is 38.4 Å². The van der Waals surface area contributed by atoms with Crippen LogP contribution in [0, 0.1) is 0 Å². The average Bonchev–Trinajstić information content (AvgIpc) is 2.69. The summed E-state index contributed by atoms with van der Waals surface area (Å²) in [5.41, 5.74) is 2.47. The molecule has 0 aromatic heterocycles. The molecule has 0 amide bonds. The van der Waals surface area contributed by atoms with Gasteiger partial charge in [-0.2, -0.15) is 0 Å². The Morgan fingerprint density at radius 1 is 1.15 bits per heavy atom. The van der Waals surface area contributed by atoms with Gasteiger partial charge in [0.25, 0.3) is 0 Å². The van der Waals surface area contributed by atoms with Crippen molar-refractivity contribution in [3.05, 3.63) is 47.3 Å². The molecule has 0 radical (unpaired) electrons. The number of cyclic esters (lactones) is 1. The molecule has 0 spiro atoms. The zero-order valence-electron chi connectivity index (χ0n) is 12.6. The van der Waals surface area contributed by atoms with Gasteiger partial charge in [0, 0.05) is 25.9 Å². The van der Waals surface area contributed by atoms with Gasteiger partial charge in [-0.05, 0) is 23.1 Å². The van der Waals surface area contributed by atoms with Crippen molar-refractivity contribution in [2.45, 2.75) is 26.2 Å². The molecule has 0 N–H and O–H groups in total. The normalized spacial score (nSPS) is 17.1. The third-order valence-electron chi connectivity index (χ3n) is 3.00. The molecule has 4 nitrogen and oxygen atoms in total. The molecule has 106 valence electrons. The van der Waals surface area contributed by atoms with Crippen LogP contribution >= 0.6 is 0 Å². The van der Waals surface area contributed by atoms with Gasteiger partial charge in [0.1, 0.15) is 0 Å². The minimum Gasteiger partial charge on any atom is -0.402 e. The predicted octanol–water partition coefficient (Wildman–Crippen LogP) is 2.69. The van der Waals surface area contributed by atoms with E-state index in [1.165, 1.54) is 5.56 Å². The summed E-state index contributed by atoms with van der Waals surface area (Å²) in [5.74, 6) is -0.0443. The van der Waals surface area contributed by atoms with Crippen molar-refractivity contribution in [1.29, 1.82) is 0 Å². The quantitative estimate of drug-likeness (QED) is 0.614. The Bertz CT molecular complexity index is 575. The van der Waals surface area contributed by atoms with Crippen molar-refractivity contribution in [2.24, 2.45) is 4.99 Å². The molecule has 1 aromatic rings. The lowest BCUT2D eigenvalue weighted by Crippen LogP contribution is -2.12. The Morgan fingerprint density at radius 3 is 2.25 bits per heavy atom. The summed E-state index contributed by atoms with van der Waals surface area (Å²) in [7, 11) is 3.68. The van der Waals surface area contributed by atoms with Crippen LogP contribution < -0.4 is 0 Å². The molecule has 0 saturated heterocycles. The second-order valence-electron chi connectivity index (χ2n) is 6.11. The van der Waals surface area contributed by atoms with E-state index in [0.29, 0.717) is 11.6 Å². The molecule has 20 heavy (non-hydrogen) atoms. The highest BCUT2D eigenvalue weighted by Crippen LogP contribution is 2.23. The van der Waals surface area contributed by atoms with E-state index in [0.717, 1.165) is 5.56 Å². The Labute approximate surface area is 119 Å². The number of nitrogens with zero attached hydrogens (tertiary/aromatic N) is 2. The highest BCUT2D eigenvalue weighted by atomic mass is 16.6. The maximum atomic E-state index is 11.7. The standard InChI is InChI=1S/C16H20N2O2/c1-16(2,3)12-8-6-11(7-9-12)14-17-13(10-18(4)5)15(19)20-14/h6-10H,1-5H3. The molecule has 0 atom stereocenters. The third-order valence-corrected chi connectivity index (χ3v) is 3.00. The molecule has 0 unspecified atom stereocenters. The van der Waals surface area contributed by atoms with Gasteiger partial charge in [0.2, 0.25) is 5.90 Å². The molecule has 0 saturated carbocycles. The van der Waals surface area contributed by atoms with Crippen LogP contribution in [0.1, 0.15) is 31.9 Å². The first-order valence-electron chi connectivity index (χ1n) is 6.57. The summed E-state index contributed by atoms with van der Waals surface area (Å²) in [4.78, 5) is 17.7. The smallest absolute Gasteiger partial charge is 0.365 e. The second-order valence-corrected chi connectivity index (χ2v) is 6.11.